The van der Waals surface area contributed by atoms with Gasteiger partial charge in [-0.3, -0.25) is 4.90 Å². The fourth-order valence-corrected chi connectivity index (χ4v) is 3.82. The maximum atomic E-state index is 6.07. The molecule has 1 aliphatic rings. The van der Waals surface area contributed by atoms with E-state index in [4.69, 9.17) is 9.72 Å². The van der Waals surface area contributed by atoms with Crippen molar-refractivity contribution in [3.63, 3.8) is 0 Å². The molecule has 2 aromatic carbocycles. The van der Waals surface area contributed by atoms with Crippen molar-refractivity contribution in [1.82, 2.24) is 19.7 Å². The lowest BCUT2D eigenvalue weighted by Crippen LogP contribution is -2.43. The molecule has 0 saturated carbocycles. The molecule has 0 bridgehead atoms. The second kappa shape index (κ2) is 8.67. The molecule has 3 aromatic rings. The number of aryl methyl sites for hydroxylation is 2. The summed E-state index contributed by atoms with van der Waals surface area (Å²) in [6.07, 6.45) is 0.939. The van der Waals surface area contributed by atoms with Crippen molar-refractivity contribution in [3.05, 3.63) is 82.9 Å². The highest BCUT2D eigenvalue weighted by molar-refractivity contribution is 5.25. The Morgan fingerprint density at radius 2 is 1.79 bits per heavy atom. The van der Waals surface area contributed by atoms with Gasteiger partial charge in [-0.1, -0.05) is 54.6 Å². The van der Waals surface area contributed by atoms with Crippen LogP contribution in [0.15, 0.2) is 54.6 Å². The van der Waals surface area contributed by atoms with Gasteiger partial charge in [0.15, 0.2) is 0 Å². The SMILES string of the molecule is Cc1nc(C[C@H]2CN(Cc3ccccc3)CCO2)n(Cc2ccccc2C)n1. The van der Waals surface area contributed by atoms with Gasteiger partial charge in [0.2, 0.25) is 0 Å². The molecule has 1 aliphatic heterocycles. The topological polar surface area (TPSA) is 43.2 Å². The Balaban J connectivity index is 1.43. The minimum atomic E-state index is 0.150. The van der Waals surface area contributed by atoms with Crippen molar-refractivity contribution in [2.45, 2.75) is 39.5 Å². The number of hydrogen-bond acceptors (Lipinski definition) is 4. The third kappa shape index (κ3) is 4.66. The van der Waals surface area contributed by atoms with E-state index in [2.05, 4.69) is 71.5 Å². The van der Waals surface area contributed by atoms with E-state index in [0.717, 1.165) is 50.9 Å². The fraction of sp³-hybridized carbons (Fsp3) is 0.391. The third-order valence-electron chi connectivity index (χ3n) is 5.32. The van der Waals surface area contributed by atoms with Crippen LogP contribution in [-0.4, -0.2) is 45.5 Å². The minimum Gasteiger partial charge on any atom is -0.375 e. The van der Waals surface area contributed by atoms with Gasteiger partial charge in [-0.15, -0.1) is 0 Å². The van der Waals surface area contributed by atoms with Crippen LogP contribution < -0.4 is 0 Å². The summed E-state index contributed by atoms with van der Waals surface area (Å²) in [5, 5.41) is 4.64. The van der Waals surface area contributed by atoms with Crippen LogP contribution >= 0.6 is 0 Å². The second-order valence-electron chi connectivity index (χ2n) is 7.58. The molecule has 0 radical (unpaired) electrons. The van der Waals surface area contributed by atoms with Crippen molar-refractivity contribution in [2.24, 2.45) is 0 Å². The van der Waals surface area contributed by atoms with Crippen LogP contribution in [0.25, 0.3) is 0 Å². The molecule has 2 heterocycles. The predicted molar refractivity (Wildman–Crippen MR) is 110 cm³/mol. The van der Waals surface area contributed by atoms with E-state index in [1.165, 1.54) is 16.7 Å². The van der Waals surface area contributed by atoms with Crippen LogP contribution in [0.3, 0.4) is 0 Å². The molecule has 4 rings (SSSR count). The average molecular weight is 377 g/mol. The molecule has 0 aliphatic carbocycles. The molecule has 1 saturated heterocycles. The first kappa shape index (κ1) is 18.8. The zero-order valence-corrected chi connectivity index (χ0v) is 16.7. The Labute approximate surface area is 167 Å². The van der Waals surface area contributed by atoms with E-state index in [0.29, 0.717) is 0 Å². The number of hydrogen-bond donors (Lipinski definition) is 0. The first-order valence-corrected chi connectivity index (χ1v) is 10.00. The molecule has 0 N–H and O–H groups in total. The molecule has 28 heavy (non-hydrogen) atoms. The van der Waals surface area contributed by atoms with Crippen LogP contribution in [0.5, 0.6) is 0 Å². The predicted octanol–water partition coefficient (Wildman–Crippen LogP) is 3.39. The first-order valence-electron chi connectivity index (χ1n) is 10.00. The lowest BCUT2D eigenvalue weighted by atomic mass is 10.1. The molecule has 1 aromatic heterocycles. The molecular weight excluding hydrogens is 348 g/mol. The number of rotatable bonds is 6. The molecule has 146 valence electrons. The first-order chi connectivity index (χ1) is 13.7. The molecule has 0 unspecified atom stereocenters. The highest BCUT2D eigenvalue weighted by Gasteiger charge is 2.23. The number of aromatic nitrogens is 3. The quantitative estimate of drug-likeness (QED) is 0.661. The normalized spacial score (nSPS) is 17.7. The molecular formula is C23H28N4O. The minimum absolute atomic E-state index is 0.150. The Bertz CT molecular complexity index is 906. The van der Waals surface area contributed by atoms with Gasteiger partial charge in [0.1, 0.15) is 11.6 Å². The molecule has 0 amide bonds. The van der Waals surface area contributed by atoms with E-state index in [-0.39, 0.29) is 6.10 Å². The van der Waals surface area contributed by atoms with Gasteiger partial charge in [-0.05, 0) is 30.5 Å². The van der Waals surface area contributed by atoms with Crippen molar-refractivity contribution in [3.8, 4) is 0 Å². The zero-order valence-electron chi connectivity index (χ0n) is 16.7. The summed E-state index contributed by atoms with van der Waals surface area (Å²) in [7, 11) is 0. The van der Waals surface area contributed by atoms with E-state index in [1.807, 2.05) is 11.6 Å². The van der Waals surface area contributed by atoms with Gasteiger partial charge in [-0.2, -0.15) is 5.10 Å². The Morgan fingerprint density at radius 1 is 1.00 bits per heavy atom. The van der Waals surface area contributed by atoms with Crippen LogP contribution in [0.2, 0.25) is 0 Å². The van der Waals surface area contributed by atoms with E-state index in [1.54, 1.807) is 0 Å². The van der Waals surface area contributed by atoms with Crippen LogP contribution in [0.1, 0.15) is 28.3 Å². The largest absolute Gasteiger partial charge is 0.375 e. The Kier molecular flexibility index (Phi) is 5.84. The van der Waals surface area contributed by atoms with Crippen LogP contribution in [0.4, 0.5) is 0 Å². The summed E-state index contributed by atoms with van der Waals surface area (Å²) < 4.78 is 8.10. The van der Waals surface area contributed by atoms with Gasteiger partial charge in [-0.25, -0.2) is 9.67 Å². The lowest BCUT2D eigenvalue weighted by Gasteiger charge is -2.32. The summed E-state index contributed by atoms with van der Waals surface area (Å²) in [5.74, 6) is 1.83. The zero-order chi connectivity index (χ0) is 19.3. The van der Waals surface area contributed by atoms with Crippen LogP contribution in [-0.2, 0) is 24.2 Å². The standard InChI is InChI=1S/C23H28N4O/c1-18-8-6-7-11-21(18)16-27-23(24-19(2)25-27)14-22-17-26(12-13-28-22)15-20-9-4-3-5-10-20/h3-11,22H,12-17H2,1-2H3/t22-/m0/s1. The van der Waals surface area contributed by atoms with Gasteiger partial charge >= 0.3 is 0 Å². The van der Waals surface area contributed by atoms with Gasteiger partial charge in [0, 0.05) is 26.1 Å². The van der Waals surface area contributed by atoms with Crippen LogP contribution in [0, 0.1) is 13.8 Å². The molecule has 5 heteroatoms. The van der Waals surface area contributed by atoms with Crippen molar-refractivity contribution in [1.29, 1.82) is 0 Å². The maximum absolute atomic E-state index is 6.07. The smallest absolute Gasteiger partial charge is 0.147 e. The number of benzene rings is 2. The van der Waals surface area contributed by atoms with E-state index < -0.39 is 0 Å². The lowest BCUT2D eigenvalue weighted by molar-refractivity contribution is -0.0317. The van der Waals surface area contributed by atoms with Crippen molar-refractivity contribution in [2.75, 3.05) is 19.7 Å². The average Bonchev–Trinajstić information content (AvgIpc) is 3.03. The highest BCUT2D eigenvalue weighted by Crippen LogP contribution is 2.16. The summed E-state index contributed by atoms with van der Waals surface area (Å²) in [4.78, 5) is 7.16. The van der Waals surface area contributed by atoms with Gasteiger partial charge in [0.05, 0.1) is 19.3 Å². The van der Waals surface area contributed by atoms with Gasteiger partial charge in [0.25, 0.3) is 0 Å². The summed E-state index contributed by atoms with van der Waals surface area (Å²) >= 11 is 0. The number of nitrogens with zero attached hydrogens (tertiary/aromatic N) is 4. The summed E-state index contributed by atoms with van der Waals surface area (Å²) in [6, 6.07) is 19.1. The molecule has 1 atom stereocenters. The second-order valence-corrected chi connectivity index (χ2v) is 7.58. The number of morpholine rings is 1. The monoisotopic (exact) mass is 376 g/mol. The molecule has 5 nitrogen and oxygen atoms in total. The van der Waals surface area contributed by atoms with Crippen molar-refractivity contribution >= 4 is 0 Å². The maximum Gasteiger partial charge on any atom is 0.147 e. The Hall–Kier alpha value is -2.50. The van der Waals surface area contributed by atoms with Gasteiger partial charge < -0.3 is 4.74 Å². The summed E-state index contributed by atoms with van der Waals surface area (Å²) in [5.41, 5.74) is 3.91. The van der Waals surface area contributed by atoms with E-state index >= 15 is 0 Å². The molecule has 1 fully saturated rings. The fourth-order valence-electron chi connectivity index (χ4n) is 3.82. The van der Waals surface area contributed by atoms with E-state index in [9.17, 15) is 0 Å². The number of ether oxygens (including phenoxy) is 1. The highest BCUT2D eigenvalue weighted by atomic mass is 16.5. The van der Waals surface area contributed by atoms with Crippen molar-refractivity contribution < 1.29 is 4.74 Å². The summed E-state index contributed by atoms with van der Waals surface area (Å²) in [6.45, 7) is 8.48. The molecule has 0 spiro atoms. The Morgan fingerprint density at radius 3 is 2.61 bits per heavy atom. The third-order valence-corrected chi connectivity index (χ3v) is 5.32.